The van der Waals surface area contributed by atoms with E-state index in [1.165, 1.54) is 6.07 Å². The molecule has 4 heteroatoms. The van der Waals surface area contributed by atoms with Crippen LogP contribution in [0.2, 0.25) is 0 Å². The number of hydrogen-bond acceptors (Lipinski definition) is 2. The van der Waals surface area contributed by atoms with Crippen molar-refractivity contribution in [3.05, 3.63) is 30.1 Å². The van der Waals surface area contributed by atoms with Gasteiger partial charge in [0.15, 0.2) is 0 Å². The van der Waals surface area contributed by atoms with Crippen LogP contribution < -0.4 is 10.6 Å². The van der Waals surface area contributed by atoms with Crippen LogP contribution in [-0.2, 0) is 4.79 Å². The van der Waals surface area contributed by atoms with Crippen molar-refractivity contribution in [2.24, 2.45) is 11.7 Å². The minimum atomic E-state index is -0.348. The van der Waals surface area contributed by atoms with Gasteiger partial charge in [0.1, 0.15) is 5.82 Å². The second-order valence-corrected chi connectivity index (χ2v) is 4.79. The summed E-state index contributed by atoms with van der Waals surface area (Å²) in [6, 6.07) is 6.41. The van der Waals surface area contributed by atoms with Gasteiger partial charge in [-0.3, -0.25) is 4.79 Å². The molecular formula is C14H19FN2O. The van der Waals surface area contributed by atoms with Gasteiger partial charge in [-0.05, 0) is 43.9 Å². The van der Waals surface area contributed by atoms with E-state index in [9.17, 15) is 9.18 Å². The highest BCUT2D eigenvalue weighted by atomic mass is 19.1. The quantitative estimate of drug-likeness (QED) is 0.842. The smallest absolute Gasteiger partial charge is 0.227 e. The number of nitrogens with two attached hydrogens (primary N) is 1. The van der Waals surface area contributed by atoms with Crippen LogP contribution in [0.3, 0.4) is 0 Å². The Kier molecular flexibility index (Phi) is 4.31. The van der Waals surface area contributed by atoms with Crippen LogP contribution in [0.5, 0.6) is 0 Å². The summed E-state index contributed by atoms with van der Waals surface area (Å²) in [7, 11) is 0. The molecule has 1 aromatic carbocycles. The Hall–Kier alpha value is -1.42. The molecule has 2 N–H and O–H groups in total. The van der Waals surface area contributed by atoms with Crippen molar-refractivity contribution in [2.45, 2.75) is 25.7 Å². The molecule has 1 fully saturated rings. The molecule has 1 saturated carbocycles. The van der Waals surface area contributed by atoms with Gasteiger partial charge < -0.3 is 10.6 Å². The number of benzene rings is 1. The lowest BCUT2D eigenvalue weighted by atomic mass is 10.2. The van der Waals surface area contributed by atoms with Gasteiger partial charge in [-0.25, -0.2) is 4.39 Å². The summed E-state index contributed by atoms with van der Waals surface area (Å²) in [5.41, 5.74) is 5.85. The highest BCUT2D eigenvalue weighted by molar-refractivity contribution is 5.93. The van der Waals surface area contributed by atoms with Crippen LogP contribution >= 0.6 is 0 Å². The summed E-state index contributed by atoms with van der Waals surface area (Å²) in [5.74, 6) is 0.166. The fourth-order valence-corrected chi connectivity index (χ4v) is 1.98. The number of hydrogen-bond donors (Lipinski definition) is 1. The van der Waals surface area contributed by atoms with Gasteiger partial charge in [0, 0.05) is 13.0 Å². The fourth-order valence-electron chi connectivity index (χ4n) is 1.98. The van der Waals surface area contributed by atoms with Gasteiger partial charge in [-0.15, -0.1) is 0 Å². The third kappa shape index (κ3) is 3.29. The van der Waals surface area contributed by atoms with Crippen LogP contribution in [-0.4, -0.2) is 19.0 Å². The van der Waals surface area contributed by atoms with Gasteiger partial charge >= 0.3 is 0 Å². The Labute approximate surface area is 107 Å². The first-order chi connectivity index (χ1) is 8.72. The fraction of sp³-hybridized carbons (Fsp3) is 0.500. The Balaban J connectivity index is 2.12. The SMILES string of the molecule is NCCCN(C(=O)CC1CC1)c1ccccc1F. The number of carbonyl (C=O) groups excluding carboxylic acids is 1. The monoisotopic (exact) mass is 250 g/mol. The Bertz CT molecular complexity index is 418. The summed E-state index contributed by atoms with van der Waals surface area (Å²) in [6.07, 6.45) is 3.45. The molecule has 1 aliphatic rings. The maximum Gasteiger partial charge on any atom is 0.227 e. The van der Waals surface area contributed by atoms with E-state index in [1.807, 2.05) is 0 Å². The highest BCUT2D eigenvalue weighted by Crippen LogP contribution is 2.33. The number of nitrogens with zero attached hydrogens (tertiary/aromatic N) is 1. The van der Waals surface area contributed by atoms with Crippen molar-refractivity contribution < 1.29 is 9.18 Å². The van der Waals surface area contributed by atoms with Crippen LogP contribution in [0, 0.1) is 11.7 Å². The summed E-state index contributed by atoms with van der Waals surface area (Å²) < 4.78 is 13.8. The van der Waals surface area contributed by atoms with Crippen LogP contribution in [0.15, 0.2) is 24.3 Å². The normalized spacial score (nSPS) is 14.6. The average Bonchev–Trinajstić information content (AvgIpc) is 3.15. The highest BCUT2D eigenvalue weighted by Gasteiger charge is 2.28. The molecule has 0 atom stereocenters. The van der Waals surface area contributed by atoms with Crippen LogP contribution in [0.1, 0.15) is 25.7 Å². The van der Waals surface area contributed by atoms with E-state index in [-0.39, 0.29) is 11.7 Å². The minimum absolute atomic E-state index is 0.0102. The standard InChI is InChI=1S/C14H19FN2O/c15-12-4-1-2-5-13(12)17(9-3-8-16)14(18)10-11-6-7-11/h1-2,4-5,11H,3,6-10,16H2. The average molecular weight is 250 g/mol. The lowest BCUT2D eigenvalue weighted by Gasteiger charge is -2.23. The predicted octanol–water partition coefficient (Wildman–Crippen LogP) is 2.31. The van der Waals surface area contributed by atoms with Gasteiger partial charge in [0.25, 0.3) is 0 Å². The minimum Gasteiger partial charge on any atom is -0.330 e. The second kappa shape index (κ2) is 5.96. The lowest BCUT2D eigenvalue weighted by molar-refractivity contribution is -0.119. The van der Waals surface area contributed by atoms with E-state index >= 15 is 0 Å². The zero-order valence-corrected chi connectivity index (χ0v) is 10.4. The number of halogens is 1. The van der Waals surface area contributed by atoms with E-state index in [2.05, 4.69) is 0 Å². The van der Waals surface area contributed by atoms with Crippen LogP contribution in [0.4, 0.5) is 10.1 Å². The van der Waals surface area contributed by atoms with E-state index in [4.69, 9.17) is 5.73 Å². The van der Waals surface area contributed by atoms with Crippen LogP contribution in [0.25, 0.3) is 0 Å². The maximum atomic E-state index is 13.8. The summed E-state index contributed by atoms with van der Waals surface area (Å²) >= 11 is 0. The van der Waals surface area contributed by atoms with Gasteiger partial charge in [-0.2, -0.15) is 0 Å². The molecule has 0 aromatic heterocycles. The number of anilines is 1. The van der Waals surface area contributed by atoms with Crippen molar-refractivity contribution in [1.82, 2.24) is 0 Å². The Morgan fingerprint density at radius 3 is 2.72 bits per heavy atom. The van der Waals surface area contributed by atoms with E-state index in [0.717, 1.165) is 12.8 Å². The molecule has 0 radical (unpaired) electrons. The van der Waals surface area contributed by atoms with Gasteiger partial charge in [-0.1, -0.05) is 12.1 Å². The maximum absolute atomic E-state index is 13.8. The summed E-state index contributed by atoms with van der Waals surface area (Å²) in [6.45, 7) is 0.991. The number of rotatable bonds is 6. The molecule has 0 unspecified atom stereocenters. The van der Waals surface area contributed by atoms with E-state index in [1.54, 1.807) is 23.1 Å². The Morgan fingerprint density at radius 1 is 1.39 bits per heavy atom. The summed E-state index contributed by atoms with van der Waals surface area (Å²) in [5, 5.41) is 0. The molecule has 2 rings (SSSR count). The van der Waals surface area contributed by atoms with Gasteiger partial charge in [0.05, 0.1) is 5.69 Å². The molecule has 1 aliphatic carbocycles. The third-order valence-corrected chi connectivity index (χ3v) is 3.19. The van der Waals surface area contributed by atoms with E-state index < -0.39 is 0 Å². The van der Waals surface area contributed by atoms with Crippen molar-refractivity contribution in [3.63, 3.8) is 0 Å². The molecular weight excluding hydrogens is 231 g/mol. The molecule has 0 spiro atoms. The first-order valence-electron chi connectivity index (χ1n) is 6.47. The second-order valence-electron chi connectivity index (χ2n) is 4.79. The molecule has 98 valence electrons. The molecule has 3 nitrogen and oxygen atoms in total. The molecule has 18 heavy (non-hydrogen) atoms. The summed E-state index contributed by atoms with van der Waals surface area (Å²) in [4.78, 5) is 13.7. The molecule has 0 aliphatic heterocycles. The predicted molar refractivity (Wildman–Crippen MR) is 69.8 cm³/mol. The zero-order valence-electron chi connectivity index (χ0n) is 10.4. The molecule has 0 saturated heterocycles. The van der Waals surface area contributed by atoms with Crippen molar-refractivity contribution in [3.8, 4) is 0 Å². The molecule has 0 heterocycles. The number of para-hydroxylation sites is 1. The Morgan fingerprint density at radius 2 is 2.11 bits per heavy atom. The topological polar surface area (TPSA) is 46.3 Å². The zero-order chi connectivity index (χ0) is 13.0. The largest absolute Gasteiger partial charge is 0.330 e. The first-order valence-corrected chi connectivity index (χ1v) is 6.47. The molecule has 0 bridgehead atoms. The van der Waals surface area contributed by atoms with Crippen molar-refractivity contribution >= 4 is 11.6 Å². The van der Waals surface area contributed by atoms with Crippen molar-refractivity contribution in [2.75, 3.05) is 18.0 Å². The number of amides is 1. The van der Waals surface area contributed by atoms with Gasteiger partial charge in [0.2, 0.25) is 5.91 Å². The lowest BCUT2D eigenvalue weighted by Crippen LogP contribution is -2.33. The molecule has 1 amide bonds. The third-order valence-electron chi connectivity index (χ3n) is 3.19. The number of carbonyl (C=O) groups is 1. The van der Waals surface area contributed by atoms with E-state index in [0.29, 0.717) is 37.5 Å². The molecule has 1 aromatic rings. The van der Waals surface area contributed by atoms with Crippen molar-refractivity contribution in [1.29, 1.82) is 0 Å². The first kappa shape index (κ1) is 13.0.